The number of nitro groups is 1. The number of nitrogens with zero attached hydrogens (tertiary/aromatic N) is 1. The predicted molar refractivity (Wildman–Crippen MR) is 91.8 cm³/mol. The molecule has 2 N–H and O–H groups in total. The third-order valence-corrected chi connectivity index (χ3v) is 5.12. The summed E-state index contributed by atoms with van der Waals surface area (Å²) in [6.45, 7) is 1.52. The number of carboxylic acid groups (broad SMARTS) is 1. The number of aromatic carboxylic acids is 1. The van der Waals surface area contributed by atoms with Gasteiger partial charge in [0, 0.05) is 28.8 Å². The SMILES string of the molecule is Cc1c(C(=O)O)oc2ccc(S(=O)(=O)Nc3ccc([N+](=O)[O-])cc3)cc12. The Kier molecular flexibility index (Phi) is 4.12. The van der Waals surface area contributed by atoms with E-state index >= 15 is 0 Å². The van der Waals surface area contributed by atoms with Crippen LogP contribution in [-0.2, 0) is 10.0 Å². The number of hydrogen-bond acceptors (Lipinski definition) is 6. The average molecular weight is 376 g/mol. The van der Waals surface area contributed by atoms with Gasteiger partial charge in [-0.3, -0.25) is 14.8 Å². The van der Waals surface area contributed by atoms with Gasteiger partial charge in [-0.05, 0) is 37.3 Å². The van der Waals surface area contributed by atoms with Crippen molar-refractivity contribution in [1.29, 1.82) is 0 Å². The lowest BCUT2D eigenvalue weighted by Gasteiger charge is -2.08. The van der Waals surface area contributed by atoms with Gasteiger partial charge in [0.05, 0.1) is 9.82 Å². The minimum absolute atomic E-state index is 0.0933. The molecule has 26 heavy (non-hydrogen) atoms. The molecule has 10 heteroatoms. The lowest BCUT2D eigenvalue weighted by Crippen LogP contribution is -2.12. The summed E-state index contributed by atoms with van der Waals surface area (Å²) in [6, 6.07) is 8.89. The number of non-ortho nitro benzene ring substituents is 1. The maximum absolute atomic E-state index is 12.5. The monoisotopic (exact) mass is 376 g/mol. The zero-order valence-corrected chi connectivity index (χ0v) is 14.1. The Morgan fingerprint density at radius 1 is 1.19 bits per heavy atom. The van der Waals surface area contributed by atoms with Crippen molar-refractivity contribution in [3.8, 4) is 0 Å². The molecular formula is C16H12N2O7S. The van der Waals surface area contributed by atoms with Crippen molar-refractivity contribution in [2.75, 3.05) is 4.72 Å². The maximum Gasteiger partial charge on any atom is 0.372 e. The highest BCUT2D eigenvalue weighted by Crippen LogP contribution is 2.28. The largest absolute Gasteiger partial charge is 0.475 e. The van der Waals surface area contributed by atoms with Gasteiger partial charge in [0.2, 0.25) is 5.76 Å². The summed E-state index contributed by atoms with van der Waals surface area (Å²) in [5, 5.41) is 20.1. The molecule has 9 nitrogen and oxygen atoms in total. The highest BCUT2D eigenvalue weighted by atomic mass is 32.2. The lowest BCUT2D eigenvalue weighted by molar-refractivity contribution is -0.384. The van der Waals surface area contributed by atoms with Gasteiger partial charge in [-0.1, -0.05) is 0 Å². The average Bonchev–Trinajstić information content (AvgIpc) is 2.92. The third kappa shape index (κ3) is 3.09. The molecule has 0 aliphatic heterocycles. The van der Waals surface area contributed by atoms with E-state index in [9.17, 15) is 23.3 Å². The fourth-order valence-electron chi connectivity index (χ4n) is 2.44. The zero-order chi connectivity index (χ0) is 19.1. The second-order valence-electron chi connectivity index (χ2n) is 5.43. The fourth-order valence-corrected chi connectivity index (χ4v) is 3.52. The molecule has 0 unspecified atom stereocenters. The van der Waals surface area contributed by atoms with E-state index in [4.69, 9.17) is 9.52 Å². The van der Waals surface area contributed by atoms with Crippen LogP contribution in [-0.4, -0.2) is 24.4 Å². The topological polar surface area (TPSA) is 140 Å². The molecule has 0 amide bonds. The number of furan rings is 1. The van der Waals surface area contributed by atoms with Crippen LogP contribution in [0.15, 0.2) is 51.8 Å². The molecule has 1 aromatic heterocycles. The molecule has 134 valence electrons. The Hall–Kier alpha value is -3.40. The van der Waals surface area contributed by atoms with E-state index in [0.29, 0.717) is 10.9 Å². The van der Waals surface area contributed by atoms with Crippen molar-refractivity contribution >= 4 is 38.3 Å². The van der Waals surface area contributed by atoms with Gasteiger partial charge in [0.1, 0.15) is 5.58 Å². The van der Waals surface area contributed by atoms with Crippen molar-refractivity contribution < 1.29 is 27.7 Å². The maximum atomic E-state index is 12.5. The molecule has 3 aromatic rings. The second kappa shape index (κ2) is 6.15. The van der Waals surface area contributed by atoms with Gasteiger partial charge >= 0.3 is 5.97 Å². The van der Waals surface area contributed by atoms with Crippen LogP contribution in [0.25, 0.3) is 11.0 Å². The summed E-state index contributed by atoms with van der Waals surface area (Å²) in [7, 11) is -3.97. The number of nitro benzene ring substituents is 1. The number of carboxylic acids is 1. The van der Waals surface area contributed by atoms with Crippen molar-refractivity contribution in [2.45, 2.75) is 11.8 Å². The molecule has 2 aromatic carbocycles. The number of nitrogens with one attached hydrogen (secondary N) is 1. The van der Waals surface area contributed by atoms with Crippen LogP contribution >= 0.6 is 0 Å². The number of anilines is 1. The predicted octanol–water partition coefficient (Wildman–Crippen LogP) is 3.15. The highest BCUT2D eigenvalue weighted by Gasteiger charge is 2.20. The van der Waals surface area contributed by atoms with E-state index in [1.165, 1.54) is 49.4 Å². The number of benzene rings is 2. The smallest absolute Gasteiger partial charge is 0.372 e. The van der Waals surface area contributed by atoms with Crippen LogP contribution in [0.3, 0.4) is 0 Å². The molecule has 3 rings (SSSR count). The Labute approximate surface area is 147 Å². The van der Waals surface area contributed by atoms with Gasteiger partial charge < -0.3 is 9.52 Å². The summed E-state index contributed by atoms with van der Waals surface area (Å²) >= 11 is 0. The van der Waals surface area contributed by atoms with Crippen LogP contribution < -0.4 is 4.72 Å². The fraction of sp³-hybridized carbons (Fsp3) is 0.0625. The Morgan fingerprint density at radius 2 is 1.85 bits per heavy atom. The molecule has 0 aliphatic rings. The number of aryl methyl sites for hydroxylation is 1. The van der Waals surface area contributed by atoms with E-state index in [1.807, 2.05) is 0 Å². The van der Waals surface area contributed by atoms with Crippen LogP contribution in [0.5, 0.6) is 0 Å². The summed E-state index contributed by atoms with van der Waals surface area (Å²) < 4.78 is 32.6. The number of sulfonamides is 1. The first-order chi connectivity index (χ1) is 12.2. The van der Waals surface area contributed by atoms with Crippen LogP contribution in [0, 0.1) is 17.0 Å². The second-order valence-corrected chi connectivity index (χ2v) is 7.11. The van der Waals surface area contributed by atoms with Crippen LogP contribution in [0.1, 0.15) is 16.1 Å². The molecule has 0 aliphatic carbocycles. The van der Waals surface area contributed by atoms with Crippen molar-refractivity contribution in [1.82, 2.24) is 0 Å². The zero-order valence-electron chi connectivity index (χ0n) is 13.3. The molecule has 0 spiro atoms. The Bertz CT molecular complexity index is 1130. The van der Waals surface area contributed by atoms with E-state index in [1.54, 1.807) is 0 Å². The summed E-state index contributed by atoms with van der Waals surface area (Å²) in [4.78, 5) is 21.1. The molecular weight excluding hydrogens is 364 g/mol. The van der Waals surface area contributed by atoms with Crippen molar-refractivity contribution in [3.63, 3.8) is 0 Å². The van der Waals surface area contributed by atoms with Gasteiger partial charge in [-0.2, -0.15) is 0 Å². The first kappa shape index (κ1) is 17.4. The normalized spacial score (nSPS) is 11.4. The van der Waals surface area contributed by atoms with Crippen LogP contribution in [0.2, 0.25) is 0 Å². The molecule has 0 saturated carbocycles. The molecule has 0 bridgehead atoms. The minimum Gasteiger partial charge on any atom is -0.475 e. The Morgan fingerprint density at radius 3 is 2.42 bits per heavy atom. The molecule has 1 heterocycles. The Balaban J connectivity index is 1.97. The van der Waals surface area contributed by atoms with E-state index < -0.39 is 20.9 Å². The summed E-state index contributed by atoms with van der Waals surface area (Å²) in [5.41, 5.74) is 0.574. The standard InChI is InChI=1S/C16H12N2O7S/c1-9-13-8-12(6-7-14(13)25-15(9)16(19)20)26(23,24)17-10-2-4-11(5-3-10)18(21)22/h2-8,17H,1H3,(H,19,20). The van der Waals surface area contributed by atoms with Gasteiger partial charge in [0.25, 0.3) is 15.7 Å². The third-order valence-electron chi connectivity index (χ3n) is 3.74. The lowest BCUT2D eigenvalue weighted by atomic mass is 10.1. The highest BCUT2D eigenvalue weighted by molar-refractivity contribution is 7.92. The number of rotatable bonds is 5. The molecule has 0 fully saturated rings. The van der Waals surface area contributed by atoms with Gasteiger partial charge in [-0.25, -0.2) is 13.2 Å². The van der Waals surface area contributed by atoms with E-state index in [-0.39, 0.29) is 27.6 Å². The minimum atomic E-state index is -3.97. The van der Waals surface area contributed by atoms with Crippen molar-refractivity contribution in [3.05, 3.63) is 63.9 Å². The van der Waals surface area contributed by atoms with Gasteiger partial charge in [0.15, 0.2) is 0 Å². The summed E-state index contributed by atoms with van der Waals surface area (Å²) in [6.07, 6.45) is 0. The first-order valence-corrected chi connectivity index (χ1v) is 8.71. The van der Waals surface area contributed by atoms with Gasteiger partial charge in [-0.15, -0.1) is 0 Å². The molecule has 0 atom stereocenters. The van der Waals surface area contributed by atoms with Crippen LogP contribution in [0.4, 0.5) is 11.4 Å². The quantitative estimate of drug-likeness (QED) is 0.515. The molecule has 0 radical (unpaired) electrons. The van der Waals surface area contributed by atoms with E-state index in [0.717, 1.165) is 0 Å². The number of fused-ring (bicyclic) bond motifs is 1. The van der Waals surface area contributed by atoms with E-state index in [2.05, 4.69) is 4.72 Å². The van der Waals surface area contributed by atoms with Crippen molar-refractivity contribution in [2.24, 2.45) is 0 Å². The molecule has 0 saturated heterocycles. The number of carbonyl (C=O) groups is 1. The summed E-state index contributed by atoms with van der Waals surface area (Å²) in [5.74, 6) is -1.50. The number of hydrogen-bond donors (Lipinski definition) is 2. The first-order valence-electron chi connectivity index (χ1n) is 7.23.